The number of phenols is 1. The van der Waals surface area contributed by atoms with E-state index in [9.17, 15) is 9.59 Å². The van der Waals surface area contributed by atoms with Gasteiger partial charge in [-0.15, -0.1) is 0 Å². The van der Waals surface area contributed by atoms with E-state index in [0.29, 0.717) is 5.56 Å². The second-order valence-electron chi connectivity index (χ2n) is 4.79. The lowest BCUT2D eigenvalue weighted by molar-refractivity contribution is 0.0517. The minimum Gasteiger partial charge on any atom is -0.508 e. The van der Waals surface area contributed by atoms with Crippen LogP contribution in [0.3, 0.4) is 0 Å². The van der Waals surface area contributed by atoms with Crippen molar-refractivity contribution in [2.45, 2.75) is 32.4 Å². The highest BCUT2D eigenvalue weighted by atomic mass is 16.6. The van der Waals surface area contributed by atoms with Crippen LogP contribution >= 0.6 is 0 Å². The normalized spacial score (nSPS) is 12.6. The lowest BCUT2D eigenvalue weighted by Crippen LogP contribution is -2.35. The molecule has 0 fully saturated rings. The third-order valence-electron chi connectivity index (χ3n) is 2.01. The molecule has 1 aromatic rings. The number of alkyl carbamates (subject to hydrolysis) is 1. The predicted octanol–water partition coefficient (Wildman–Crippen LogP) is 2.07. The van der Waals surface area contributed by atoms with Crippen LogP contribution in [0.1, 0.15) is 32.4 Å². The Bertz CT molecular complexity index is 420. The number of aromatic hydroxyl groups is 1. The third kappa shape index (κ3) is 4.45. The maximum Gasteiger partial charge on any atom is 0.408 e. The lowest BCUT2D eigenvalue weighted by atomic mass is 10.1. The molecule has 1 aromatic carbocycles. The van der Waals surface area contributed by atoms with Crippen molar-refractivity contribution in [3.05, 3.63) is 29.8 Å². The first-order valence-corrected chi connectivity index (χ1v) is 5.48. The van der Waals surface area contributed by atoms with E-state index in [0.717, 1.165) is 0 Å². The fraction of sp³-hybridized carbons (Fsp3) is 0.385. The van der Waals surface area contributed by atoms with Crippen molar-refractivity contribution in [1.29, 1.82) is 0 Å². The Kier molecular flexibility index (Phi) is 4.31. The SMILES string of the molecule is CC(C)(C)OC(=O)NC([C]=O)c1ccc(O)cc1. The van der Waals surface area contributed by atoms with Gasteiger partial charge >= 0.3 is 6.09 Å². The molecule has 0 heterocycles. The maximum absolute atomic E-state index is 11.5. The molecule has 1 amide bonds. The molecule has 0 aliphatic heterocycles. The molecule has 5 heteroatoms. The summed E-state index contributed by atoms with van der Waals surface area (Å²) in [5.41, 5.74) is -0.111. The number of nitrogens with one attached hydrogen (secondary N) is 1. The highest BCUT2D eigenvalue weighted by Gasteiger charge is 2.20. The number of phenolic OH excluding ortho intramolecular Hbond substituents is 1. The van der Waals surface area contributed by atoms with Crippen LogP contribution in [0.25, 0.3) is 0 Å². The fourth-order valence-corrected chi connectivity index (χ4v) is 1.27. The van der Waals surface area contributed by atoms with E-state index < -0.39 is 17.7 Å². The zero-order valence-corrected chi connectivity index (χ0v) is 10.6. The molecule has 0 aliphatic carbocycles. The second-order valence-corrected chi connectivity index (χ2v) is 4.79. The van der Waals surface area contributed by atoms with E-state index in [1.165, 1.54) is 24.3 Å². The summed E-state index contributed by atoms with van der Waals surface area (Å²) in [7, 11) is 0. The molecule has 1 rings (SSSR count). The second kappa shape index (κ2) is 5.53. The molecule has 5 nitrogen and oxygen atoms in total. The largest absolute Gasteiger partial charge is 0.508 e. The van der Waals surface area contributed by atoms with Gasteiger partial charge in [-0.1, -0.05) is 12.1 Å². The number of ether oxygens (including phenoxy) is 1. The first-order valence-electron chi connectivity index (χ1n) is 5.48. The Morgan fingerprint density at radius 3 is 2.33 bits per heavy atom. The highest BCUT2D eigenvalue weighted by molar-refractivity contribution is 5.74. The summed E-state index contributed by atoms with van der Waals surface area (Å²) < 4.78 is 5.04. The average molecular weight is 250 g/mol. The molecular weight excluding hydrogens is 234 g/mol. The van der Waals surface area contributed by atoms with Gasteiger partial charge in [0.05, 0.1) is 0 Å². The number of rotatable bonds is 3. The maximum atomic E-state index is 11.5. The van der Waals surface area contributed by atoms with E-state index in [1.54, 1.807) is 27.1 Å². The Labute approximate surface area is 106 Å². The lowest BCUT2D eigenvalue weighted by Gasteiger charge is -2.21. The van der Waals surface area contributed by atoms with Crippen LogP contribution < -0.4 is 5.32 Å². The van der Waals surface area contributed by atoms with E-state index >= 15 is 0 Å². The van der Waals surface area contributed by atoms with Crippen molar-refractivity contribution in [3.63, 3.8) is 0 Å². The van der Waals surface area contributed by atoms with Crippen LogP contribution in [-0.4, -0.2) is 23.1 Å². The van der Waals surface area contributed by atoms with E-state index in [-0.39, 0.29) is 5.75 Å². The molecular formula is C13H16NO4. The summed E-state index contributed by atoms with van der Waals surface area (Å²) in [5.74, 6) is 0.0840. The summed E-state index contributed by atoms with van der Waals surface area (Å²) in [4.78, 5) is 22.3. The summed E-state index contributed by atoms with van der Waals surface area (Å²) in [6.07, 6.45) is 1.02. The molecule has 0 spiro atoms. The Balaban J connectivity index is 2.71. The topological polar surface area (TPSA) is 75.6 Å². The van der Waals surface area contributed by atoms with Crippen LogP contribution in [0.4, 0.5) is 4.79 Å². The van der Waals surface area contributed by atoms with Gasteiger partial charge in [0.1, 0.15) is 17.4 Å². The van der Waals surface area contributed by atoms with Crippen molar-refractivity contribution in [2.75, 3.05) is 0 Å². The zero-order valence-electron chi connectivity index (χ0n) is 10.6. The van der Waals surface area contributed by atoms with Crippen molar-refractivity contribution in [3.8, 4) is 5.75 Å². The number of hydrogen-bond donors (Lipinski definition) is 2. The predicted molar refractivity (Wildman–Crippen MR) is 65.9 cm³/mol. The molecule has 0 aromatic heterocycles. The monoisotopic (exact) mass is 250 g/mol. The van der Waals surface area contributed by atoms with Crippen LogP contribution in [0.15, 0.2) is 24.3 Å². The molecule has 2 N–H and O–H groups in total. The van der Waals surface area contributed by atoms with Crippen molar-refractivity contribution >= 4 is 12.4 Å². The summed E-state index contributed by atoms with van der Waals surface area (Å²) in [6.45, 7) is 5.19. The van der Waals surface area contributed by atoms with Crippen LogP contribution in [0.5, 0.6) is 5.75 Å². The summed E-state index contributed by atoms with van der Waals surface area (Å²) in [6, 6.07) is 5.00. The number of hydrogen-bond acceptors (Lipinski definition) is 4. The van der Waals surface area contributed by atoms with Gasteiger partial charge in [-0.2, -0.15) is 0 Å². The quantitative estimate of drug-likeness (QED) is 0.861. The molecule has 0 saturated heterocycles. The molecule has 1 unspecified atom stereocenters. The first-order chi connectivity index (χ1) is 8.31. The molecule has 0 aliphatic rings. The third-order valence-corrected chi connectivity index (χ3v) is 2.01. The molecule has 97 valence electrons. The average Bonchev–Trinajstić information content (AvgIpc) is 2.25. The van der Waals surface area contributed by atoms with Crippen LogP contribution in [0, 0.1) is 0 Å². The molecule has 18 heavy (non-hydrogen) atoms. The summed E-state index contributed by atoms with van der Waals surface area (Å²) >= 11 is 0. The minimum atomic E-state index is -0.916. The first kappa shape index (κ1) is 14.0. The van der Waals surface area contributed by atoms with Crippen LogP contribution in [-0.2, 0) is 9.53 Å². The van der Waals surface area contributed by atoms with Gasteiger partial charge in [0.2, 0.25) is 6.29 Å². The van der Waals surface area contributed by atoms with Gasteiger partial charge < -0.3 is 15.2 Å². The number of benzene rings is 1. The van der Waals surface area contributed by atoms with Crippen molar-refractivity contribution in [1.82, 2.24) is 5.32 Å². The van der Waals surface area contributed by atoms with Gasteiger partial charge in [-0.25, -0.2) is 4.79 Å². The van der Waals surface area contributed by atoms with Gasteiger partial charge in [0.25, 0.3) is 0 Å². The highest BCUT2D eigenvalue weighted by Crippen LogP contribution is 2.16. The standard InChI is InChI=1S/C13H16NO4/c1-13(2,3)18-12(17)14-11(8-15)9-4-6-10(16)7-5-9/h4-7,11,16H,1-3H3,(H,14,17). The van der Waals surface area contributed by atoms with E-state index in [1.807, 2.05) is 0 Å². The molecule has 0 bridgehead atoms. The Hall–Kier alpha value is -2.04. The minimum absolute atomic E-state index is 0.0840. The van der Waals surface area contributed by atoms with Crippen LogP contribution in [0.2, 0.25) is 0 Å². The number of carbonyl (C=O) groups is 1. The van der Waals surface area contributed by atoms with Gasteiger partial charge in [0, 0.05) is 0 Å². The van der Waals surface area contributed by atoms with E-state index in [4.69, 9.17) is 9.84 Å². The zero-order chi connectivity index (χ0) is 13.8. The van der Waals surface area contributed by atoms with Crippen molar-refractivity contribution < 1.29 is 19.4 Å². The molecule has 1 atom stereocenters. The number of amides is 1. The molecule has 1 radical (unpaired) electrons. The van der Waals surface area contributed by atoms with Gasteiger partial charge in [-0.05, 0) is 38.5 Å². The van der Waals surface area contributed by atoms with Crippen molar-refractivity contribution in [2.24, 2.45) is 0 Å². The van der Waals surface area contributed by atoms with E-state index in [2.05, 4.69) is 5.32 Å². The smallest absolute Gasteiger partial charge is 0.408 e. The number of carbonyl (C=O) groups excluding carboxylic acids is 2. The summed E-state index contributed by atoms with van der Waals surface area (Å²) in [5, 5.41) is 11.5. The van der Waals surface area contributed by atoms with Gasteiger partial charge in [0.15, 0.2) is 0 Å². The molecule has 0 saturated carbocycles. The van der Waals surface area contributed by atoms with Gasteiger partial charge in [-0.3, -0.25) is 4.79 Å². The fourth-order valence-electron chi connectivity index (χ4n) is 1.27. The Morgan fingerprint density at radius 2 is 1.89 bits per heavy atom. The Morgan fingerprint density at radius 1 is 1.33 bits per heavy atom.